The zero-order chi connectivity index (χ0) is 31.8. The van der Waals surface area contributed by atoms with Gasteiger partial charge in [0.15, 0.2) is 20.7 Å². The van der Waals surface area contributed by atoms with Gasteiger partial charge in [0, 0.05) is 6.20 Å². The SMILES string of the molecule is CC(C)(C)[Si](C)(C)OC1C(F)C(n2ccc(N)nc2=O)OC1(CCl)CO[Si](c1ccccc1)(c1ccccc1)C(C)(C)C. The molecule has 4 rings (SSSR count). The highest BCUT2D eigenvalue weighted by molar-refractivity contribution is 6.99. The number of hydrogen-bond acceptors (Lipinski definition) is 6. The van der Waals surface area contributed by atoms with Crippen LogP contribution >= 0.6 is 11.6 Å². The molecular formula is C32H45ClFN3O4Si2. The van der Waals surface area contributed by atoms with Gasteiger partial charge in [0.25, 0.3) is 8.32 Å². The van der Waals surface area contributed by atoms with Crippen LogP contribution in [0.5, 0.6) is 0 Å². The van der Waals surface area contributed by atoms with Gasteiger partial charge in [0.2, 0.25) is 0 Å². The minimum Gasteiger partial charge on any atom is -0.408 e. The van der Waals surface area contributed by atoms with Crippen LogP contribution in [0.4, 0.5) is 10.2 Å². The molecule has 0 bridgehead atoms. The molecule has 2 heterocycles. The zero-order valence-electron chi connectivity index (χ0n) is 26.4. The number of anilines is 1. The van der Waals surface area contributed by atoms with Gasteiger partial charge in [-0.1, -0.05) is 102 Å². The van der Waals surface area contributed by atoms with E-state index in [1.54, 1.807) is 0 Å². The number of hydrogen-bond donors (Lipinski definition) is 1. The van der Waals surface area contributed by atoms with Crippen molar-refractivity contribution in [1.29, 1.82) is 0 Å². The standard InChI is InChI=1S/C32H45ClFN3O4Si2/c1-30(2,3)42(7,8)41-27-26(34)28(37-20-19-25(35)36-29(37)38)40-32(27,21-33)22-39-43(31(4,5)6,23-15-11-9-12-16-23)24-17-13-10-14-18-24/h9-20,26-28H,21-22H2,1-8H3,(H2,35,36,38). The van der Waals surface area contributed by atoms with Crippen LogP contribution < -0.4 is 21.8 Å². The number of nitrogens with two attached hydrogens (primary N) is 1. The van der Waals surface area contributed by atoms with Crippen LogP contribution in [-0.2, 0) is 13.6 Å². The second kappa shape index (κ2) is 12.2. The smallest absolute Gasteiger partial charge is 0.351 e. The van der Waals surface area contributed by atoms with E-state index in [0.717, 1.165) is 14.9 Å². The van der Waals surface area contributed by atoms with Gasteiger partial charge < -0.3 is 19.3 Å². The summed E-state index contributed by atoms with van der Waals surface area (Å²) < 4.78 is 38.5. The van der Waals surface area contributed by atoms with E-state index in [9.17, 15) is 4.79 Å². The molecule has 0 spiro atoms. The van der Waals surface area contributed by atoms with Crippen LogP contribution in [0, 0.1) is 0 Å². The fourth-order valence-corrected chi connectivity index (χ4v) is 11.8. The average molecular weight is 646 g/mol. The third-order valence-corrected chi connectivity index (χ3v) is 18.9. The fraction of sp³-hybridized carbons (Fsp3) is 0.500. The van der Waals surface area contributed by atoms with Crippen LogP contribution in [0.2, 0.25) is 23.2 Å². The molecule has 1 aromatic heterocycles. The van der Waals surface area contributed by atoms with E-state index in [1.807, 2.05) is 36.4 Å². The van der Waals surface area contributed by atoms with Crippen molar-refractivity contribution in [3.63, 3.8) is 0 Å². The average Bonchev–Trinajstić information content (AvgIpc) is 3.20. The molecule has 1 aliphatic heterocycles. The number of halogens is 2. The molecule has 11 heteroatoms. The number of ether oxygens (including phenoxy) is 1. The molecule has 3 aromatic rings. The van der Waals surface area contributed by atoms with Crippen molar-refractivity contribution in [3.05, 3.63) is 83.4 Å². The predicted octanol–water partition coefficient (Wildman–Crippen LogP) is 5.64. The molecule has 2 N–H and O–H groups in total. The molecule has 0 radical (unpaired) electrons. The van der Waals surface area contributed by atoms with E-state index in [0.29, 0.717) is 0 Å². The van der Waals surface area contributed by atoms with E-state index >= 15 is 4.39 Å². The van der Waals surface area contributed by atoms with Crippen molar-refractivity contribution in [2.24, 2.45) is 0 Å². The lowest BCUT2D eigenvalue weighted by molar-refractivity contribution is -0.109. The van der Waals surface area contributed by atoms with Gasteiger partial charge in [-0.2, -0.15) is 4.98 Å². The lowest BCUT2D eigenvalue weighted by atomic mass is 9.99. The van der Waals surface area contributed by atoms with Crippen LogP contribution in [0.1, 0.15) is 47.8 Å². The van der Waals surface area contributed by atoms with E-state index in [1.165, 1.54) is 12.3 Å². The van der Waals surface area contributed by atoms with Crippen molar-refractivity contribution in [1.82, 2.24) is 9.55 Å². The van der Waals surface area contributed by atoms with E-state index < -0.39 is 46.4 Å². The van der Waals surface area contributed by atoms with Gasteiger partial charge >= 0.3 is 5.69 Å². The van der Waals surface area contributed by atoms with Crippen molar-refractivity contribution in [2.45, 2.75) is 88.8 Å². The molecule has 0 amide bonds. The minimum atomic E-state index is -3.05. The molecule has 1 saturated heterocycles. The van der Waals surface area contributed by atoms with Gasteiger partial charge in [-0.3, -0.25) is 4.57 Å². The normalized spacial score (nSPS) is 23.4. The van der Waals surface area contributed by atoms with Gasteiger partial charge in [0.1, 0.15) is 17.5 Å². The second-order valence-corrected chi connectivity index (χ2v) is 23.3. The summed E-state index contributed by atoms with van der Waals surface area (Å²) in [6, 6.07) is 21.8. The molecule has 4 atom stereocenters. The van der Waals surface area contributed by atoms with Gasteiger partial charge in [-0.15, -0.1) is 11.6 Å². The van der Waals surface area contributed by atoms with Crippen molar-refractivity contribution < 1.29 is 18.0 Å². The summed E-state index contributed by atoms with van der Waals surface area (Å²) in [4.78, 5) is 16.7. The summed E-state index contributed by atoms with van der Waals surface area (Å²) in [7, 11) is -5.60. The topological polar surface area (TPSA) is 88.6 Å². The Bertz CT molecular complexity index is 1410. The quantitative estimate of drug-likeness (QED) is 0.240. The number of aromatic nitrogens is 2. The van der Waals surface area contributed by atoms with E-state index in [-0.39, 0.29) is 28.4 Å². The predicted molar refractivity (Wildman–Crippen MR) is 177 cm³/mol. The second-order valence-electron chi connectivity index (χ2n) is 13.9. The Balaban J connectivity index is 1.87. The molecule has 43 heavy (non-hydrogen) atoms. The van der Waals surface area contributed by atoms with Crippen molar-refractivity contribution in [3.8, 4) is 0 Å². The Morgan fingerprint density at radius 2 is 1.51 bits per heavy atom. The largest absolute Gasteiger partial charge is 0.408 e. The highest BCUT2D eigenvalue weighted by Gasteiger charge is 2.61. The first-order valence-corrected chi connectivity index (χ1v) is 20.0. The van der Waals surface area contributed by atoms with Crippen LogP contribution in [-0.4, -0.2) is 56.5 Å². The first-order chi connectivity index (χ1) is 20.0. The van der Waals surface area contributed by atoms with Crippen LogP contribution in [0.25, 0.3) is 0 Å². The summed E-state index contributed by atoms with van der Waals surface area (Å²) in [5, 5.41) is 1.60. The lowest BCUT2D eigenvalue weighted by Gasteiger charge is -2.47. The maximum atomic E-state index is 16.8. The number of nitrogen functional groups attached to an aromatic ring is 1. The Labute approximate surface area is 261 Å². The number of rotatable bonds is 9. The third kappa shape index (κ3) is 6.28. The Hall–Kier alpha value is -2.35. The number of alkyl halides is 2. The zero-order valence-corrected chi connectivity index (χ0v) is 29.2. The molecule has 0 saturated carbocycles. The Morgan fingerprint density at radius 3 is 1.95 bits per heavy atom. The highest BCUT2D eigenvalue weighted by Crippen LogP contribution is 2.47. The molecule has 4 unspecified atom stereocenters. The van der Waals surface area contributed by atoms with Crippen molar-refractivity contribution in [2.75, 3.05) is 18.2 Å². The van der Waals surface area contributed by atoms with Gasteiger partial charge in [0.05, 0.1) is 12.5 Å². The van der Waals surface area contributed by atoms with Gasteiger partial charge in [-0.05, 0) is 39.6 Å². The van der Waals surface area contributed by atoms with E-state index in [4.69, 9.17) is 30.9 Å². The monoisotopic (exact) mass is 645 g/mol. The maximum absolute atomic E-state index is 16.8. The summed E-state index contributed by atoms with van der Waals surface area (Å²) in [5.41, 5.74) is 3.61. The molecule has 1 fully saturated rings. The maximum Gasteiger partial charge on any atom is 0.351 e. The summed E-state index contributed by atoms with van der Waals surface area (Å²) in [6.45, 7) is 16.9. The van der Waals surface area contributed by atoms with Crippen LogP contribution in [0.15, 0.2) is 77.7 Å². The first kappa shape index (κ1) is 33.5. The first-order valence-electron chi connectivity index (χ1n) is 14.6. The minimum absolute atomic E-state index is 0.0438. The number of benzene rings is 2. The fourth-order valence-electron chi connectivity index (χ4n) is 5.56. The third-order valence-electron chi connectivity index (χ3n) is 8.97. The summed E-state index contributed by atoms with van der Waals surface area (Å²) >= 11 is 6.78. The lowest BCUT2D eigenvalue weighted by Crippen LogP contribution is -2.68. The molecule has 2 aromatic carbocycles. The summed E-state index contributed by atoms with van der Waals surface area (Å²) in [6.07, 6.45) is -2.74. The number of nitrogens with zero attached hydrogens (tertiary/aromatic N) is 2. The van der Waals surface area contributed by atoms with E-state index in [2.05, 4.69) is 83.9 Å². The highest BCUT2D eigenvalue weighted by atomic mass is 35.5. The Kier molecular flexibility index (Phi) is 9.53. The molecule has 234 valence electrons. The summed E-state index contributed by atoms with van der Waals surface area (Å²) in [5.74, 6) is -0.0687. The molecule has 0 aliphatic carbocycles. The molecule has 7 nitrogen and oxygen atoms in total. The Morgan fingerprint density at radius 1 is 0.977 bits per heavy atom. The van der Waals surface area contributed by atoms with Crippen LogP contribution in [0.3, 0.4) is 0 Å². The molecular weight excluding hydrogens is 601 g/mol. The molecule has 1 aliphatic rings. The van der Waals surface area contributed by atoms with Crippen molar-refractivity contribution >= 4 is 44.4 Å². The van der Waals surface area contributed by atoms with Gasteiger partial charge in [-0.25, -0.2) is 9.18 Å².